The molecule has 0 aromatic heterocycles. The number of rotatable bonds is 6. The van der Waals surface area contributed by atoms with E-state index in [2.05, 4.69) is 5.32 Å². The van der Waals surface area contributed by atoms with Gasteiger partial charge in [-0.3, -0.25) is 4.79 Å². The Bertz CT molecular complexity index is 434. The molecule has 0 bridgehead atoms. The molecule has 98 valence electrons. The van der Waals surface area contributed by atoms with E-state index in [4.69, 9.17) is 15.6 Å². The van der Waals surface area contributed by atoms with Crippen LogP contribution < -0.4 is 11.1 Å². The SMILES string of the molecule is COCCC(N)C(=O)Nc1ccccc1C(=O)O. The zero-order chi connectivity index (χ0) is 13.5. The van der Waals surface area contributed by atoms with Crippen molar-refractivity contribution >= 4 is 17.6 Å². The van der Waals surface area contributed by atoms with Crippen LogP contribution in [0.5, 0.6) is 0 Å². The van der Waals surface area contributed by atoms with E-state index in [1.54, 1.807) is 12.1 Å². The monoisotopic (exact) mass is 252 g/mol. The van der Waals surface area contributed by atoms with Crippen LogP contribution in [0.25, 0.3) is 0 Å². The van der Waals surface area contributed by atoms with Crippen LogP contribution in [0.4, 0.5) is 5.69 Å². The zero-order valence-electron chi connectivity index (χ0n) is 10.1. The average molecular weight is 252 g/mol. The van der Waals surface area contributed by atoms with Gasteiger partial charge in [0, 0.05) is 13.7 Å². The molecule has 1 rings (SSSR count). The van der Waals surface area contributed by atoms with Crippen molar-refractivity contribution in [2.75, 3.05) is 19.0 Å². The molecule has 1 atom stereocenters. The molecule has 1 amide bonds. The summed E-state index contributed by atoms with van der Waals surface area (Å²) < 4.78 is 4.82. The molecule has 0 saturated heterocycles. The van der Waals surface area contributed by atoms with Gasteiger partial charge in [-0.15, -0.1) is 0 Å². The first kappa shape index (κ1) is 14.1. The maximum Gasteiger partial charge on any atom is 0.337 e. The molecule has 0 aliphatic rings. The first-order chi connectivity index (χ1) is 8.56. The Morgan fingerprint density at radius 3 is 2.72 bits per heavy atom. The van der Waals surface area contributed by atoms with Crippen molar-refractivity contribution in [2.45, 2.75) is 12.5 Å². The lowest BCUT2D eigenvalue weighted by molar-refractivity contribution is -0.117. The van der Waals surface area contributed by atoms with E-state index < -0.39 is 17.9 Å². The highest BCUT2D eigenvalue weighted by molar-refractivity contribution is 6.02. The summed E-state index contributed by atoms with van der Waals surface area (Å²) in [6, 6.07) is 5.43. The zero-order valence-corrected chi connectivity index (χ0v) is 10.1. The number of ether oxygens (including phenoxy) is 1. The van der Waals surface area contributed by atoms with Crippen molar-refractivity contribution in [3.63, 3.8) is 0 Å². The lowest BCUT2D eigenvalue weighted by atomic mass is 10.1. The molecule has 0 spiro atoms. The second-order valence-electron chi connectivity index (χ2n) is 3.73. The number of nitrogens with one attached hydrogen (secondary N) is 1. The third-order valence-corrected chi connectivity index (χ3v) is 2.39. The molecule has 1 unspecified atom stereocenters. The minimum Gasteiger partial charge on any atom is -0.478 e. The summed E-state index contributed by atoms with van der Waals surface area (Å²) in [4.78, 5) is 22.7. The lowest BCUT2D eigenvalue weighted by Gasteiger charge is -2.13. The number of carbonyl (C=O) groups is 2. The molecule has 1 aromatic rings. The van der Waals surface area contributed by atoms with E-state index in [0.717, 1.165) is 0 Å². The number of carboxylic acid groups (broad SMARTS) is 1. The van der Waals surface area contributed by atoms with E-state index in [0.29, 0.717) is 13.0 Å². The summed E-state index contributed by atoms with van der Waals surface area (Å²) in [6.07, 6.45) is 0.373. The van der Waals surface area contributed by atoms with Crippen LogP contribution in [-0.2, 0) is 9.53 Å². The van der Waals surface area contributed by atoms with Crippen LogP contribution in [0.1, 0.15) is 16.8 Å². The van der Waals surface area contributed by atoms with Gasteiger partial charge in [0.15, 0.2) is 0 Å². The summed E-state index contributed by atoms with van der Waals surface area (Å²) in [7, 11) is 1.52. The van der Waals surface area contributed by atoms with Crippen LogP contribution in [0, 0.1) is 0 Å². The third kappa shape index (κ3) is 3.83. The van der Waals surface area contributed by atoms with Crippen molar-refractivity contribution in [3.05, 3.63) is 29.8 Å². The molecular formula is C12H16N2O4. The van der Waals surface area contributed by atoms with Crippen LogP contribution in [0.15, 0.2) is 24.3 Å². The van der Waals surface area contributed by atoms with Crippen molar-refractivity contribution < 1.29 is 19.4 Å². The van der Waals surface area contributed by atoms with Crippen molar-refractivity contribution in [1.82, 2.24) is 0 Å². The predicted molar refractivity (Wildman–Crippen MR) is 66.5 cm³/mol. The molecular weight excluding hydrogens is 236 g/mol. The van der Waals surface area contributed by atoms with E-state index in [9.17, 15) is 9.59 Å². The Morgan fingerprint density at radius 2 is 2.11 bits per heavy atom. The fourth-order valence-electron chi connectivity index (χ4n) is 1.38. The number of amides is 1. The number of aromatic carboxylic acids is 1. The largest absolute Gasteiger partial charge is 0.478 e. The molecule has 1 aromatic carbocycles. The van der Waals surface area contributed by atoms with Crippen molar-refractivity contribution in [3.8, 4) is 0 Å². The topological polar surface area (TPSA) is 102 Å². The number of para-hydroxylation sites is 1. The Balaban J connectivity index is 2.72. The highest BCUT2D eigenvalue weighted by Crippen LogP contribution is 2.15. The van der Waals surface area contributed by atoms with Gasteiger partial charge in [-0.25, -0.2) is 4.79 Å². The number of hydrogen-bond donors (Lipinski definition) is 3. The van der Waals surface area contributed by atoms with Crippen LogP contribution >= 0.6 is 0 Å². The molecule has 0 saturated carbocycles. The first-order valence-electron chi connectivity index (χ1n) is 5.44. The van der Waals surface area contributed by atoms with Crippen LogP contribution in [0.3, 0.4) is 0 Å². The average Bonchev–Trinajstić information content (AvgIpc) is 2.36. The number of nitrogens with two attached hydrogens (primary N) is 1. The molecule has 6 nitrogen and oxygen atoms in total. The van der Waals surface area contributed by atoms with Gasteiger partial charge in [0.1, 0.15) is 0 Å². The molecule has 0 aliphatic carbocycles. The van der Waals surface area contributed by atoms with E-state index in [1.165, 1.54) is 19.2 Å². The number of methoxy groups -OCH3 is 1. The van der Waals surface area contributed by atoms with Gasteiger partial charge in [-0.2, -0.15) is 0 Å². The van der Waals surface area contributed by atoms with Crippen LogP contribution in [0.2, 0.25) is 0 Å². The van der Waals surface area contributed by atoms with E-state index >= 15 is 0 Å². The van der Waals surface area contributed by atoms with Crippen LogP contribution in [-0.4, -0.2) is 36.7 Å². The smallest absolute Gasteiger partial charge is 0.337 e. The minimum absolute atomic E-state index is 0.0322. The normalized spacial score (nSPS) is 11.9. The molecule has 0 fully saturated rings. The quantitative estimate of drug-likeness (QED) is 0.691. The highest BCUT2D eigenvalue weighted by atomic mass is 16.5. The van der Waals surface area contributed by atoms with Gasteiger partial charge >= 0.3 is 5.97 Å². The summed E-state index contributed by atoms with van der Waals surface area (Å²) in [5, 5.41) is 11.5. The summed E-state index contributed by atoms with van der Waals surface area (Å²) in [6.45, 7) is 0.370. The summed E-state index contributed by atoms with van der Waals surface area (Å²) in [5.74, 6) is -1.53. The Hall–Kier alpha value is -1.92. The second kappa shape index (κ2) is 6.73. The van der Waals surface area contributed by atoms with E-state index in [-0.39, 0.29) is 11.3 Å². The van der Waals surface area contributed by atoms with Crippen molar-refractivity contribution in [2.24, 2.45) is 5.73 Å². The molecule has 4 N–H and O–H groups in total. The lowest BCUT2D eigenvalue weighted by Crippen LogP contribution is -2.36. The minimum atomic E-state index is -1.10. The maximum atomic E-state index is 11.7. The number of hydrogen-bond acceptors (Lipinski definition) is 4. The number of carboxylic acids is 1. The molecule has 0 radical (unpaired) electrons. The van der Waals surface area contributed by atoms with Crippen molar-refractivity contribution in [1.29, 1.82) is 0 Å². The maximum absolute atomic E-state index is 11.7. The first-order valence-corrected chi connectivity index (χ1v) is 5.44. The fraction of sp³-hybridized carbons (Fsp3) is 0.333. The number of anilines is 1. The second-order valence-corrected chi connectivity index (χ2v) is 3.73. The molecule has 0 heterocycles. The molecule has 18 heavy (non-hydrogen) atoms. The van der Waals surface area contributed by atoms with Gasteiger partial charge in [-0.05, 0) is 18.6 Å². The predicted octanol–water partition coefficient (Wildman–Crippen LogP) is 0.687. The van der Waals surface area contributed by atoms with Gasteiger partial charge in [-0.1, -0.05) is 12.1 Å². The van der Waals surface area contributed by atoms with E-state index in [1.807, 2.05) is 0 Å². The Kier molecular flexibility index (Phi) is 5.29. The Labute approximate surface area is 105 Å². The molecule has 6 heteroatoms. The Morgan fingerprint density at radius 1 is 1.44 bits per heavy atom. The number of benzene rings is 1. The summed E-state index contributed by atoms with van der Waals surface area (Å²) >= 11 is 0. The fourth-order valence-corrected chi connectivity index (χ4v) is 1.38. The van der Waals surface area contributed by atoms with Gasteiger partial charge in [0.05, 0.1) is 17.3 Å². The standard InChI is InChI=1S/C12H16N2O4/c1-18-7-6-9(13)11(15)14-10-5-3-2-4-8(10)12(16)17/h2-5,9H,6-7,13H2,1H3,(H,14,15)(H,16,17). The van der Waals surface area contributed by atoms with Gasteiger partial charge in [0.25, 0.3) is 0 Å². The number of carbonyl (C=O) groups excluding carboxylic acids is 1. The van der Waals surface area contributed by atoms with Gasteiger partial charge < -0.3 is 20.9 Å². The third-order valence-electron chi connectivity index (χ3n) is 2.39. The molecule has 0 aliphatic heterocycles. The van der Waals surface area contributed by atoms with Gasteiger partial charge in [0.2, 0.25) is 5.91 Å². The summed E-state index contributed by atoms with van der Waals surface area (Å²) in [5.41, 5.74) is 5.91. The highest BCUT2D eigenvalue weighted by Gasteiger charge is 2.16.